The molecule has 0 aromatic heterocycles. The first-order valence-electron chi connectivity index (χ1n) is 5.83. The van der Waals surface area contributed by atoms with Gasteiger partial charge in [-0.3, -0.25) is 0 Å². The molecule has 19 heavy (non-hydrogen) atoms. The van der Waals surface area contributed by atoms with Crippen molar-refractivity contribution in [2.45, 2.75) is 26.3 Å². The highest BCUT2D eigenvalue weighted by Crippen LogP contribution is 2.13. The van der Waals surface area contributed by atoms with E-state index in [0.717, 1.165) is 0 Å². The monoisotopic (exact) mass is 287 g/mol. The minimum atomic E-state index is -0.630. The third-order valence-electron chi connectivity index (χ3n) is 2.33. The van der Waals surface area contributed by atoms with Gasteiger partial charge in [0, 0.05) is 0 Å². The Labute approximate surface area is 118 Å². The van der Waals surface area contributed by atoms with Crippen LogP contribution in [0.4, 0.5) is 0 Å². The summed E-state index contributed by atoms with van der Waals surface area (Å²) in [5, 5.41) is 0. The van der Waals surface area contributed by atoms with E-state index in [1.807, 2.05) is 0 Å². The van der Waals surface area contributed by atoms with E-state index in [0.29, 0.717) is 24.3 Å². The second-order valence-electron chi connectivity index (χ2n) is 3.68. The summed E-state index contributed by atoms with van der Waals surface area (Å²) in [5.41, 5.74) is 5.95. The van der Waals surface area contributed by atoms with Crippen LogP contribution in [0.15, 0.2) is 24.3 Å². The third kappa shape index (κ3) is 5.28. The summed E-state index contributed by atoms with van der Waals surface area (Å²) in [4.78, 5) is 22.8. The summed E-state index contributed by atoms with van der Waals surface area (Å²) in [5.74, 6) is -0.529. The van der Waals surface area contributed by atoms with Crippen LogP contribution in [0.5, 0.6) is 5.75 Å². The maximum Gasteiger partial charge on any atom is 0.338 e. The molecule has 0 heterocycles. The molecule has 6 heteroatoms. The molecular formula is C13H18ClNO4. The van der Waals surface area contributed by atoms with Crippen molar-refractivity contribution in [3.63, 3.8) is 0 Å². The Bertz CT molecular complexity index is 419. The van der Waals surface area contributed by atoms with E-state index < -0.39 is 18.0 Å². The van der Waals surface area contributed by atoms with Crippen molar-refractivity contribution in [2.75, 3.05) is 6.61 Å². The summed E-state index contributed by atoms with van der Waals surface area (Å²) in [7, 11) is 0. The van der Waals surface area contributed by atoms with Crippen LogP contribution < -0.4 is 10.5 Å². The molecule has 0 radical (unpaired) electrons. The quantitative estimate of drug-likeness (QED) is 0.661. The normalized spacial score (nSPS) is 11.1. The molecule has 106 valence electrons. The highest BCUT2D eigenvalue weighted by Gasteiger charge is 2.14. The van der Waals surface area contributed by atoms with E-state index in [-0.39, 0.29) is 12.4 Å². The number of nitrogens with two attached hydrogens (primary N) is 1. The van der Waals surface area contributed by atoms with Crippen molar-refractivity contribution < 1.29 is 19.1 Å². The molecule has 0 aliphatic carbocycles. The highest BCUT2D eigenvalue weighted by molar-refractivity contribution is 5.89. The van der Waals surface area contributed by atoms with Gasteiger partial charge in [-0.05, 0) is 37.6 Å². The van der Waals surface area contributed by atoms with Crippen LogP contribution in [-0.4, -0.2) is 24.6 Å². The maximum atomic E-state index is 11.4. The Kier molecular flexibility index (Phi) is 7.79. The van der Waals surface area contributed by atoms with Crippen LogP contribution in [-0.2, 0) is 9.53 Å². The van der Waals surface area contributed by atoms with Crippen molar-refractivity contribution in [1.82, 2.24) is 0 Å². The van der Waals surface area contributed by atoms with Gasteiger partial charge in [0.2, 0.25) is 0 Å². The summed E-state index contributed by atoms with van der Waals surface area (Å²) in [6.45, 7) is 3.86. The van der Waals surface area contributed by atoms with Crippen molar-refractivity contribution in [1.29, 1.82) is 0 Å². The Morgan fingerprint density at radius 1 is 1.21 bits per heavy atom. The molecule has 1 aromatic carbocycles. The summed E-state index contributed by atoms with van der Waals surface area (Å²) in [6, 6.07) is 5.52. The first-order valence-corrected chi connectivity index (χ1v) is 5.83. The largest absolute Gasteiger partial charge is 0.462 e. The fourth-order valence-corrected chi connectivity index (χ4v) is 1.23. The minimum Gasteiger partial charge on any atom is -0.462 e. The second kappa shape index (κ2) is 8.50. The van der Waals surface area contributed by atoms with Crippen molar-refractivity contribution in [2.24, 2.45) is 5.73 Å². The molecule has 0 aliphatic rings. The number of ether oxygens (including phenoxy) is 2. The molecule has 0 spiro atoms. The molecule has 2 N–H and O–H groups in total. The molecule has 1 rings (SSSR count). The molecule has 0 saturated heterocycles. The zero-order valence-electron chi connectivity index (χ0n) is 10.9. The predicted octanol–water partition coefficient (Wildman–Crippen LogP) is 1.93. The third-order valence-corrected chi connectivity index (χ3v) is 2.33. The Balaban J connectivity index is 0.00000324. The predicted molar refractivity (Wildman–Crippen MR) is 73.5 cm³/mol. The standard InChI is InChI=1S/C13H17NO4.ClH/c1-3-11(14)13(16)18-10-7-5-9(6-8-10)12(15)17-4-2;/h5-8,11H,3-4,14H2,1-2H3;1H. The summed E-state index contributed by atoms with van der Waals surface area (Å²) >= 11 is 0. The van der Waals surface area contributed by atoms with Gasteiger partial charge in [0.25, 0.3) is 0 Å². The van der Waals surface area contributed by atoms with E-state index in [4.69, 9.17) is 15.2 Å². The fraction of sp³-hybridized carbons (Fsp3) is 0.385. The average molecular weight is 288 g/mol. The van der Waals surface area contributed by atoms with Crippen LogP contribution in [0.1, 0.15) is 30.6 Å². The number of benzene rings is 1. The van der Waals surface area contributed by atoms with E-state index in [1.54, 1.807) is 13.8 Å². The number of carbonyl (C=O) groups is 2. The van der Waals surface area contributed by atoms with Gasteiger partial charge in [0.15, 0.2) is 0 Å². The lowest BCUT2D eigenvalue weighted by Crippen LogP contribution is -2.33. The van der Waals surface area contributed by atoms with Gasteiger partial charge in [0.1, 0.15) is 11.8 Å². The van der Waals surface area contributed by atoms with Gasteiger partial charge in [0.05, 0.1) is 12.2 Å². The molecule has 0 fully saturated rings. The first kappa shape index (κ1) is 17.4. The molecule has 1 unspecified atom stereocenters. The van der Waals surface area contributed by atoms with Crippen LogP contribution in [0, 0.1) is 0 Å². The van der Waals surface area contributed by atoms with E-state index in [9.17, 15) is 9.59 Å². The SMILES string of the molecule is CCOC(=O)c1ccc(OC(=O)C(N)CC)cc1.Cl. The molecule has 0 saturated carbocycles. The van der Waals surface area contributed by atoms with Crippen LogP contribution >= 0.6 is 12.4 Å². The number of halogens is 1. The minimum absolute atomic E-state index is 0. The summed E-state index contributed by atoms with van der Waals surface area (Å²) < 4.78 is 9.88. The lowest BCUT2D eigenvalue weighted by molar-refractivity contribution is -0.135. The molecular weight excluding hydrogens is 270 g/mol. The Morgan fingerprint density at radius 2 is 1.79 bits per heavy atom. The number of carbonyl (C=O) groups excluding carboxylic acids is 2. The smallest absolute Gasteiger partial charge is 0.338 e. The lowest BCUT2D eigenvalue weighted by Gasteiger charge is -2.09. The molecule has 1 aromatic rings. The maximum absolute atomic E-state index is 11.4. The van der Waals surface area contributed by atoms with Gasteiger partial charge in [-0.25, -0.2) is 9.59 Å². The van der Waals surface area contributed by atoms with E-state index in [1.165, 1.54) is 24.3 Å². The van der Waals surface area contributed by atoms with Crippen LogP contribution in [0.25, 0.3) is 0 Å². The Hall–Kier alpha value is -1.59. The van der Waals surface area contributed by atoms with Gasteiger partial charge >= 0.3 is 11.9 Å². The number of hydrogen-bond donors (Lipinski definition) is 1. The van der Waals surface area contributed by atoms with Gasteiger partial charge < -0.3 is 15.2 Å². The number of esters is 2. The fourth-order valence-electron chi connectivity index (χ4n) is 1.23. The molecule has 1 atom stereocenters. The van der Waals surface area contributed by atoms with Crippen molar-refractivity contribution in [3.05, 3.63) is 29.8 Å². The van der Waals surface area contributed by atoms with Crippen molar-refractivity contribution >= 4 is 24.3 Å². The topological polar surface area (TPSA) is 78.6 Å². The molecule has 5 nitrogen and oxygen atoms in total. The van der Waals surface area contributed by atoms with Gasteiger partial charge in [-0.15, -0.1) is 12.4 Å². The van der Waals surface area contributed by atoms with Crippen molar-refractivity contribution in [3.8, 4) is 5.75 Å². The Morgan fingerprint density at radius 3 is 2.26 bits per heavy atom. The highest BCUT2D eigenvalue weighted by atomic mass is 35.5. The van der Waals surface area contributed by atoms with E-state index in [2.05, 4.69) is 0 Å². The van der Waals surface area contributed by atoms with Crippen LogP contribution in [0.2, 0.25) is 0 Å². The summed E-state index contributed by atoms with van der Waals surface area (Å²) in [6.07, 6.45) is 0.514. The average Bonchev–Trinajstić information content (AvgIpc) is 2.38. The molecule has 0 aliphatic heterocycles. The number of rotatable bonds is 5. The van der Waals surface area contributed by atoms with E-state index >= 15 is 0 Å². The van der Waals surface area contributed by atoms with Gasteiger partial charge in [-0.1, -0.05) is 6.92 Å². The lowest BCUT2D eigenvalue weighted by atomic mass is 10.2. The number of hydrogen-bond acceptors (Lipinski definition) is 5. The van der Waals surface area contributed by atoms with Crippen LogP contribution in [0.3, 0.4) is 0 Å². The second-order valence-corrected chi connectivity index (χ2v) is 3.68. The molecule has 0 amide bonds. The zero-order chi connectivity index (χ0) is 13.5. The van der Waals surface area contributed by atoms with Gasteiger partial charge in [-0.2, -0.15) is 0 Å². The first-order chi connectivity index (χ1) is 8.58. The zero-order valence-corrected chi connectivity index (χ0v) is 11.7. The molecule has 0 bridgehead atoms.